The molecule has 2 N–H and O–H groups in total. The fourth-order valence-corrected chi connectivity index (χ4v) is 4.56. The maximum atomic E-state index is 13.0. The van der Waals surface area contributed by atoms with Crippen LogP contribution >= 0.6 is 11.3 Å². The Morgan fingerprint density at radius 2 is 1.85 bits per heavy atom. The molecule has 2 aromatic carbocycles. The molecule has 1 fully saturated rings. The van der Waals surface area contributed by atoms with Crippen molar-refractivity contribution < 1.29 is 14.4 Å². The minimum absolute atomic E-state index is 0.370. The van der Waals surface area contributed by atoms with Gasteiger partial charge in [-0.05, 0) is 31.5 Å². The van der Waals surface area contributed by atoms with Gasteiger partial charge < -0.3 is 10.6 Å². The van der Waals surface area contributed by atoms with E-state index in [4.69, 9.17) is 0 Å². The zero-order chi connectivity index (χ0) is 23.2. The van der Waals surface area contributed by atoms with E-state index in [0.29, 0.717) is 11.3 Å². The molecule has 3 heterocycles. The van der Waals surface area contributed by atoms with Gasteiger partial charge in [0.1, 0.15) is 12.1 Å². The van der Waals surface area contributed by atoms with E-state index in [1.165, 1.54) is 0 Å². The molecule has 166 valence electrons. The Kier molecular flexibility index (Phi) is 4.98. The standard InChI is InChI=1S/C24H21N5O3S/c1-15-3-7-17(8-4-15)24(2)21(31)29(22(32)27-24)14-20(30)25-18-9-5-16(6-10-18)19-13-28-11-12-33-23(28)26-19/h3-13H,14H2,1-2H3,(H,25,30)(H,27,32). The van der Waals surface area contributed by atoms with Crippen molar-refractivity contribution in [3.63, 3.8) is 0 Å². The van der Waals surface area contributed by atoms with Crippen molar-refractivity contribution in [2.75, 3.05) is 11.9 Å². The van der Waals surface area contributed by atoms with Gasteiger partial charge in [0, 0.05) is 29.0 Å². The van der Waals surface area contributed by atoms with Crippen molar-refractivity contribution in [2.45, 2.75) is 19.4 Å². The summed E-state index contributed by atoms with van der Waals surface area (Å²) in [6.07, 6.45) is 3.90. The van der Waals surface area contributed by atoms with Gasteiger partial charge in [-0.25, -0.2) is 9.78 Å². The molecular weight excluding hydrogens is 438 g/mol. The van der Waals surface area contributed by atoms with Crippen LogP contribution in [-0.2, 0) is 15.1 Å². The molecule has 0 radical (unpaired) electrons. The van der Waals surface area contributed by atoms with Crippen molar-refractivity contribution in [1.82, 2.24) is 19.6 Å². The van der Waals surface area contributed by atoms with Crippen molar-refractivity contribution in [1.29, 1.82) is 0 Å². The van der Waals surface area contributed by atoms with Crippen LogP contribution in [0, 0.1) is 6.92 Å². The number of hydrogen-bond donors (Lipinski definition) is 2. The summed E-state index contributed by atoms with van der Waals surface area (Å²) in [6, 6.07) is 14.1. The van der Waals surface area contributed by atoms with Gasteiger partial charge in [0.15, 0.2) is 4.96 Å². The third-order valence-electron chi connectivity index (χ3n) is 5.76. The average molecular weight is 460 g/mol. The second kappa shape index (κ2) is 7.86. The van der Waals surface area contributed by atoms with E-state index in [1.54, 1.807) is 30.4 Å². The number of nitrogens with one attached hydrogen (secondary N) is 2. The topological polar surface area (TPSA) is 95.8 Å². The number of anilines is 1. The number of benzene rings is 2. The highest BCUT2D eigenvalue weighted by molar-refractivity contribution is 7.15. The SMILES string of the molecule is Cc1ccc(C2(C)NC(=O)N(CC(=O)Nc3ccc(-c4cn5ccsc5n4)cc3)C2=O)cc1. The first-order valence-corrected chi connectivity index (χ1v) is 11.3. The molecule has 0 aliphatic carbocycles. The lowest BCUT2D eigenvalue weighted by Gasteiger charge is -2.22. The molecular formula is C24H21N5O3S. The maximum Gasteiger partial charge on any atom is 0.325 e. The van der Waals surface area contributed by atoms with Gasteiger partial charge in [0.25, 0.3) is 5.91 Å². The van der Waals surface area contributed by atoms with Crippen LogP contribution in [0.2, 0.25) is 0 Å². The van der Waals surface area contributed by atoms with E-state index in [0.717, 1.165) is 26.7 Å². The average Bonchev–Trinajstić information content (AvgIpc) is 3.45. The molecule has 4 aromatic rings. The van der Waals surface area contributed by atoms with Crippen molar-refractivity contribution >= 4 is 39.8 Å². The van der Waals surface area contributed by atoms with Crippen LogP contribution in [0.15, 0.2) is 66.3 Å². The van der Waals surface area contributed by atoms with E-state index in [1.807, 2.05) is 65.5 Å². The predicted octanol–water partition coefficient (Wildman–Crippen LogP) is 3.78. The van der Waals surface area contributed by atoms with Crippen LogP contribution in [0.1, 0.15) is 18.1 Å². The number of imide groups is 1. The van der Waals surface area contributed by atoms with Gasteiger partial charge in [0.05, 0.1) is 5.69 Å². The van der Waals surface area contributed by atoms with Gasteiger partial charge in [-0.1, -0.05) is 42.0 Å². The van der Waals surface area contributed by atoms with Crippen molar-refractivity contribution in [3.8, 4) is 11.3 Å². The number of thiazole rings is 1. The molecule has 9 heteroatoms. The summed E-state index contributed by atoms with van der Waals surface area (Å²) in [6.45, 7) is 3.22. The van der Waals surface area contributed by atoms with Gasteiger partial charge in [-0.15, -0.1) is 11.3 Å². The molecule has 0 saturated carbocycles. The zero-order valence-corrected chi connectivity index (χ0v) is 18.8. The number of aromatic nitrogens is 2. The Bertz CT molecular complexity index is 1340. The summed E-state index contributed by atoms with van der Waals surface area (Å²) in [5.41, 5.74) is 2.85. The Labute approximate surface area is 193 Å². The largest absolute Gasteiger partial charge is 0.325 e. The number of carbonyl (C=O) groups excluding carboxylic acids is 3. The highest BCUT2D eigenvalue weighted by atomic mass is 32.1. The van der Waals surface area contributed by atoms with Crippen LogP contribution < -0.4 is 10.6 Å². The molecule has 1 atom stereocenters. The Hall–Kier alpha value is -3.98. The van der Waals surface area contributed by atoms with Crippen molar-refractivity contribution in [3.05, 3.63) is 77.4 Å². The number of aryl methyl sites for hydroxylation is 1. The second-order valence-corrected chi connectivity index (χ2v) is 9.03. The van der Waals surface area contributed by atoms with Gasteiger partial charge in [-0.3, -0.25) is 18.9 Å². The first-order valence-electron chi connectivity index (χ1n) is 10.4. The maximum absolute atomic E-state index is 13.0. The lowest BCUT2D eigenvalue weighted by Crippen LogP contribution is -2.42. The van der Waals surface area contributed by atoms with Gasteiger partial charge >= 0.3 is 6.03 Å². The molecule has 1 aliphatic rings. The van der Waals surface area contributed by atoms with Crippen LogP contribution in [0.4, 0.5) is 10.5 Å². The number of carbonyl (C=O) groups is 3. The summed E-state index contributed by atoms with van der Waals surface area (Å²) >= 11 is 1.56. The number of amides is 4. The number of fused-ring (bicyclic) bond motifs is 1. The van der Waals surface area contributed by atoms with Crippen LogP contribution in [0.25, 0.3) is 16.2 Å². The summed E-state index contributed by atoms with van der Waals surface area (Å²) in [7, 11) is 0. The molecule has 5 rings (SSSR count). The number of imidazole rings is 1. The minimum Gasteiger partial charge on any atom is -0.325 e. The molecule has 1 unspecified atom stereocenters. The Morgan fingerprint density at radius 1 is 1.12 bits per heavy atom. The summed E-state index contributed by atoms with van der Waals surface area (Å²) in [5, 5.41) is 7.44. The lowest BCUT2D eigenvalue weighted by molar-refractivity contribution is -0.133. The number of rotatable bonds is 5. The van der Waals surface area contributed by atoms with E-state index < -0.39 is 23.4 Å². The summed E-state index contributed by atoms with van der Waals surface area (Å²) < 4.78 is 1.96. The minimum atomic E-state index is -1.20. The van der Waals surface area contributed by atoms with Gasteiger partial charge in [0.2, 0.25) is 5.91 Å². The molecule has 1 saturated heterocycles. The summed E-state index contributed by atoms with van der Waals surface area (Å²) in [4.78, 5) is 44.5. The number of hydrogen-bond acceptors (Lipinski definition) is 5. The van der Waals surface area contributed by atoms with Crippen LogP contribution in [-0.4, -0.2) is 38.7 Å². The second-order valence-electron chi connectivity index (χ2n) is 8.16. The quantitative estimate of drug-likeness (QED) is 0.444. The van der Waals surface area contributed by atoms with Gasteiger partial charge in [-0.2, -0.15) is 0 Å². The first-order chi connectivity index (χ1) is 15.8. The van der Waals surface area contributed by atoms with E-state index in [-0.39, 0.29) is 6.54 Å². The third-order valence-corrected chi connectivity index (χ3v) is 6.53. The monoisotopic (exact) mass is 459 g/mol. The highest BCUT2D eigenvalue weighted by Gasteiger charge is 2.49. The fourth-order valence-electron chi connectivity index (χ4n) is 3.86. The molecule has 4 amide bonds. The third kappa shape index (κ3) is 3.76. The van der Waals surface area contributed by atoms with Crippen LogP contribution in [0.3, 0.4) is 0 Å². The molecule has 0 bridgehead atoms. The normalized spacial score (nSPS) is 18.1. The fraction of sp³-hybridized carbons (Fsp3) is 0.167. The number of urea groups is 1. The van der Waals surface area contributed by atoms with E-state index >= 15 is 0 Å². The molecule has 0 spiro atoms. The van der Waals surface area contributed by atoms with Crippen molar-refractivity contribution in [2.24, 2.45) is 0 Å². The predicted molar refractivity (Wildman–Crippen MR) is 126 cm³/mol. The summed E-state index contributed by atoms with van der Waals surface area (Å²) in [5.74, 6) is -0.913. The molecule has 33 heavy (non-hydrogen) atoms. The lowest BCUT2D eigenvalue weighted by atomic mass is 9.91. The highest BCUT2D eigenvalue weighted by Crippen LogP contribution is 2.29. The van der Waals surface area contributed by atoms with E-state index in [2.05, 4.69) is 15.6 Å². The zero-order valence-electron chi connectivity index (χ0n) is 18.0. The molecule has 1 aliphatic heterocycles. The number of nitrogens with zero attached hydrogens (tertiary/aromatic N) is 3. The molecule has 8 nitrogen and oxygen atoms in total. The van der Waals surface area contributed by atoms with Crippen LogP contribution in [0.5, 0.6) is 0 Å². The smallest absolute Gasteiger partial charge is 0.325 e. The first kappa shape index (κ1) is 20.9. The molecule has 2 aromatic heterocycles. The Morgan fingerprint density at radius 3 is 2.55 bits per heavy atom. The Balaban J connectivity index is 1.26. The van der Waals surface area contributed by atoms with E-state index in [9.17, 15) is 14.4 Å².